The van der Waals surface area contributed by atoms with Gasteiger partial charge in [0.25, 0.3) is 5.91 Å². The maximum atomic E-state index is 11.7. The van der Waals surface area contributed by atoms with Crippen molar-refractivity contribution in [3.05, 3.63) is 34.4 Å². The van der Waals surface area contributed by atoms with Gasteiger partial charge < -0.3 is 10.5 Å². The van der Waals surface area contributed by atoms with Crippen molar-refractivity contribution in [1.29, 1.82) is 5.41 Å². The van der Waals surface area contributed by atoms with E-state index in [9.17, 15) is 9.59 Å². The lowest BCUT2D eigenvalue weighted by molar-refractivity contribution is -0.140. The van der Waals surface area contributed by atoms with Crippen molar-refractivity contribution < 1.29 is 14.3 Å². The number of amides is 1. The summed E-state index contributed by atoms with van der Waals surface area (Å²) < 4.78 is 4.40. The van der Waals surface area contributed by atoms with Crippen LogP contribution >= 0.6 is 9.90 Å². The molecule has 4 N–H and O–H groups in total. The second-order valence-electron chi connectivity index (χ2n) is 4.57. The van der Waals surface area contributed by atoms with Gasteiger partial charge in [0, 0.05) is 12.5 Å². The Labute approximate surface area is 134 Å². The number of aryl methyl sites for hydroxylation is 3. The summed E-state index contributed by atoms with van der Waals surface area (Å²) >= 11 is 0. The topological polar surface area (TPSA) is 105 Å². The average molecular weight is 327 g/mol. The number of carbonyl (C=O) groups excluding carboxylic acids is 2. The Morgan fingerprint density at radius 3 is 1.95 bits per heavy atom. The monoisotopic (exact) mass is 327 g/mol. The van der Waals surface area contributed by atoms with Crippen molar-refractivity contribution in [2.45, 2.75) is 34.6 Å². The van der Waals surface area contributed by atoms with Crippen LogP contribution in [0.2, 0.25) is 0 Å². The summed E-state index contributed by atoms with van der Waals surface area (Å²) in [4.78, 5) is 21.5. The summed E-state index contributed by atoms with van der Waals surface area (Å²) in [5.74, 6) is -0.866. The third-order valence-electron chi connectivity index (χ3n) is 2.50. The number of carbonyl (C=O) groups is 2. The molecule has 6 nitrogen and oxygen atoms in total. The molecule has 0 saturated carbocycles. The zero-order valence-corrected chi connectivity index (χ0v) is 15.3. The fourth-order valence-corrected chi connectivity index (χ4v) is 1.93. The van der Waals surface area contributed by atoms with E-state index in [1.807, 2.05) is 32.9 Å². The first-order valence-electron chi connectivity index (χ1n) is 6.55. The highest BCUT2D eigenvalue weighted by molar-refractivity contribution is 6.92. The quantitative estimate of drug-likeness (QED) is 0.334. The van der Waals surface area contributed by atoms with Crippen molar-refractivity contribution >= 4 is 27.7 Å². The Bertz CT molecular complexity index is 522. The van der Waals surface area contributed by atoms with E-state index < -0.39 is 0 Å². The summed E-state index contributed by atoms with van der Waals surface area (Å²) in [5, 5.41) is 9.29. The largest absolute Gasteiger partial charge is 0.466 e. The summed E-state index contributed by atoms with van der Waals surface area (Å²) in [5.41, 5.74) is 8.61. The van der Waals surface area contributed by atoms with Gasteiger partial charge in [0.05, 0.1) is 6.61 Å². The van der Waals surface area contributed by atoms with Gasteiger partial charge >= 0.3 is 5.97 Å². The first-order valence-corrected chi connectivity index (χ1v) is 6.55. The minimum atomic E-state index is -0.334. The smallest absolute Gasteiger partial charge is 0.302 e. The SMILES string of the molecule is CCOC(C)=O.Cc1cc(C)c(C(=O)NC(=N)N)c(C)c1.P. The standard InChI is InChI=1S/C11H15N3O.C4H8O2.H3P/c1-6-4-7(2)9(8(3)5-6)10(15)14-11(12)13;1-3-6-4(2)5;/h4-5H,1-3H3,(H4,12,13,14,15);3H2,1-2H3;1H3. The third kappa shape index (κ3) is 8.37. The predicted molar refractivity (Wildman–Crippen MR) is 93.4 cm³/mol. The van der Waals surface area contributed by atoms with Crippen LogP contribution in [0.5, 0.6) is 0 Å². The number of nitrogens with one attached hydrogen (secondary N) is 2. The number of hydrogen-bond donors (Lipinski definition) is 3. The Morgan fingerprint density at radius 1 is 1.23 bits per heavy atom. The molecule has 7 heteroatoms. The van der Waals surface area contributed by atoms with Gasteiger partial charge in [-0.1, -0.05) is 17.7 Å². The maximum absolute atomic E-state index is 11.7. The molecule has 0 aliphatic carbocycles. The molecule has 1 rings (SSSR count). The molecule has 1 atom stereocenters. The molecule has 0 fully saturated rings. The summed E-state index contributed by atoms with van der Waals surface area (Å²) in [6.45, 7) is 9.37. The number of ether oxygens (including phenoxy) is 1. The van der Waals surface area contributed by atoms with Crippen LogP contribution in [0.1, 0.15) is 40.9 Å². The number of benzene rings is 1. The first kappa shape index (κ1) is 22.3. The van der Waals surface area contributed by atoms with Crippen LogP contribution in [-0.4, -0.2) is 24.4 Å². The summed E-state index contributed by atoms with van der Waals surface area (Å²) in [7, 11) is 0. The molecule has 0 bridgehead atoms. The number of guanidine groups is 1. The van der Waals surface area contributed by atoms with Crippen LogP contribution in [0.25, 0.3) is 0 Å². The molecule has 0 aliphatic heterocycles. The summed E-state index contributed by atoms with van der Waals surface area (Å²) in [6, 6.07) is 3.87. The van der Waals surface area contributed by atoms with Gasteiger partial charge in [-0.15, -0.1) is 0 Å². The molecule has 0 spiro atoms. The van der Waals surface area contributed by atoms with E-state index in [0.717, 1.165) is 16.7 Å². The van der Waals surface area contributed by atoms with Crippen LogP contribution in [0.15, 0.2) is 12.1 Å². The van der Waals surface area contributed by atoms with Crippen molar-refractivity contribution in [2.24, 2.45) is 5.73 Å². The summed E-state index contributed by atoms with van der Waals surface area (Å²) in [6.07, 6.45) is 0. The second kappa shape index (κ2) is 10.7. The molecular weight excluding hydrogens is 301 g/mol. The molecule has 0 aromatic heterocycles. The number of hydrogen-bond acceptors (Lipinski definition) is 4. The highest BCUT2D eigenvalue weighted by Gasteiger charge is 2.12. The number of esters is 1. The van der Waals surface area contributed by atoms with E-state index in [1.165, 1.54) is 6.92 Å². The Hall–Kier alpha value is -1.94. The predicted octanol–water partition coefficient (Wildman–Crippen LogP) is 1.86. The van der Waals surface area contributed by atoms with Crippen LogP contribution in [0, 0.1) is 26.2 Å². The number of rotatable bonds is 2. The van der Waals surface area contributed by atoms with E-state index in [-0.39, 0.29) is 27.7 Å². The van der Waals surface area contributed by atoms with Crippen molar-refractivity contribution in [3.8, 4) is 0 Å². The molecular formula is C15H26N3O3P. The third-order valence-corrected chi connectivity index (χ3v) is 2.50. The normalized spacial score (nSPS) is 8.77. The van der Waals surface area contributed by atoms with Gasteiger partial charge in [-0.25, -0.2) is 0 Å². The molecule has 1 aromatic rings. The molecule has 124 valence electrons. The molecule has 22 heavy (non-hydrogen) atoms. The van der Waals surface area contributed by atoms with Crippen molar-refractivity contribution in [2.75, 3.05) is 6.61 Å². The van der Waals surface area contributed by atoms with Gasteiger partial charge in [-0.05, 0) is 38.8 Å². The van der Waals surface area contributed by atoms with Gasteiger partial charge in [0.2, 0.25) is 0 Å². The Balaban J connectivity index is 0. The highest BCUT2D eigenvalue weighted by Crippen LogP contribution is 2.15. The molecule has 0 saturated heterocycles. The second-order valence-corrected chi connectivity index (χ2v) is 4.57. The van der Waals surface area contributed by atoms with E-state index >= 15 is 0 Å². The minimum Gasteiger partial charge on any atom is -0.466 e. The molecule has 1 unspecified atom stereocenters. The van der Waals surface area contributed by atoms with Gasteiger partial charge in [0.15, 0.2) is 5.96 Å². The van der Waals surface area contributed by atoms with E-state index in [1.54, 1.807) is 6.92 Å². The van der Waals surface area contributed by atoms with Gasteiger partial charge in [-0.3, -0.25) is 20.3 Å². The van der Waals surface area contributed by atoms with Crippen molar-refractivity contribution in [1.82, 2.24) is 5.32 Å². The Kier molecular flexibility index (Phi) is 10.9. The van der Waals surface area contributed by atoms with E-state index in [4.69, 9.17) is 11.1 Å². The zero-order chi connectivity index (χ0) is 16.6. The maximum Gasteiger partial charge on any atom is 0.302 e. The van der Waals surface area contributed by atoms with Crippen LogP contribution in [-0.2, 0) is 9.53 Å². The average Bonchev–Trinajstić information content (AvgIpc) is 2.26. The van der Waals surface area contributed by atoms with E-state index in [0.29, 0.717) is 12.2 Å². The van der Waals surface area contributed by atoms with Gasteiger partial charge in [0.1, 0.15) is 0 Å². The molecule has 0 heterocycles. The molecule has 1 amide bonds. The minimum absolute atomic E-state index is 0. The fraction of sp³-hybridized carbons (Fsp3) is 0.400. The number of nitrogens with two attached hydrogens (primary N) is 1. The molecule has 0 aliphatic rings. The van der Waals surface area contributed by atoms with Crippen LogP contribution in [0.3, 0.4) is 0 Å². The zero-order valence-electron chi connectivity index (χ0n) is 13.9. The lowest BCUT2D eigenvalue weighted by Gasteiger charge is -2.10. The van der Waals surface area contributed by atoms with Crippen LogP contribution < -0.4 is 11.1 Å². The van der Waals surface area contributed by atoms with Crippen LogP contribution in [0.4, 0.5) is 0 Å². The van der Waals surface area contributed by atoms with Gasteiger partial charge in [-0.2, -0.15) is 9.90 Å². The van der Waals surface area contributed by atoms with Crippen molar-refractivity contribution in [3.63, 3.8) is 0 Å². The molecule has 1 aromatic carbocycles. The van der Waals surface area contributed by atoms with E-state index in [2.05, 4.69) is 10.1 Å². The fourth-order valence-electron chi connectivity index (χ4n) is 1.93. The lowest BCUT2D eigenvalue weighted by atomic mass is 9.99. The Morgan fingerprint density at radius 2 is 1.68 bits per heavy atom. The molecule has 0 radical (unpaired) electrons. The highest BCUT2D eigenvalue weighted by atomic mass is 31.0. The lowest BCUT2D eigenvalue weighted by Crippen LogP contribution is -2.36. The first-order chi connectivity index (χ1) is 9.68.